The van der Waals surface area contributed by atoms with Crippen LogP contribution in [0.3, 0.4) is 0 Å². The average molecular weight is 434 g/mol. The van der Waals surface area contributed by atoms with Crippen LogP contribution < -0.4 is 0 Å². The monoisotopic (exact) mass is 434 g/mol. The van der Waals surface area contributed by atoms with Gasteiger partial charge in [-0.05, 0) is 17.7 Å². The van der Waals surface area contributed by atoms with Gasteiger partial charge >= 0.3 is 23.9 Å². The Morgan fingerprint density at radius 2 is 1.43 bits per heavy atom. The van der Waals surface area contributed by atoms with Crippen LogP contribution in [0.4, 0.5) is 26.3 Å². The van der Waals surface area contributed by atoms with Gasteiger partial charge in [-0.1, -0.05) is 18.2 Å². The number of carbonyl (C=O) groups is 1. The number of ether oxygens (including phenoxy) is 1. The highest BCUT2D eigenvalue weighted by atomic mass is 32.2. The Bertz CT molecular complexity index is 838. The van der Waals surface area contributed by atoms with Crippen LogP contribution in [0.25, 0.3) is 0 Å². The molecule has 0 unspecified atom stereocenters. The number of alkyl halides is 6. The van der Waals surface area contributed by atoms with Crippen molar-refractivity contribution in [2.75, 3.05) is 5.75 Å². The molecule has 0 amide bonds. The third kappa shape index (κ3) is 4.93. The lowest BCUT2D eigenvalue weighted by molar-refractivity contribution is -0.356. The summed E-state index contributed by atoms with van der Waals surface area (Å²) in [6.45, 7) is 0. The van der Waals surface area contributed by atoms with Gasteiger partial charge in [0.2, 0.25) is 0 Å². The van der Waals surface area contributed by atoms with E-state index in [0.29, 0.717) is 17.4 Å². The second-order valence-corrected chi connectivity index (χ2v) is 7.24. The first-order chi connectivity index (χ1) is 12.5. The van der Waals surface area contributed by atoms with Gasteiger partial charge in [-0.15, -0.1) is 0 Å². The van der Waals surface area contributed by atoms with Gasteiger partial charge in [0.05, 0.1) is 0 Å². The number of phenols is 1. The summed E-state index contributed by atoms with van der Waals surface area (Å²) in [5.74, 6) is -6.19. The Morgan fingerprint density at radius 1 is 1.00 bits per heavy atom. The number of benzene rings is 1. The highest BCUT2D eigenvalue weighted by molar-refractivity contribution is 7.85. The maximum absolute atomic E-state index is 13.2. The quantitative estimate of drug-likeness (QED) is 0.294. The number of hydrogen-bond acceptors (Lipinski definition) is 5. The topological polar surface area (TPSA) is 101 Å². The molecule has 1 aromatic carbocycles. The smallest absolute Gasteiger partial charge is 0.438 e. The van der Waals surface area contributed by atoms with Crippen molar-refractivity contribution in [3.8, 4) is 5.75 Å². The molecule has 6 nitrogen and oxygen atoms in total. The Kier molecular flexibility index (Phi) is 6.77. The fourth-order valence-electron chi connectivity index (χ4n) is 2.44. The van der Waals surface area contributed by atoms with Crippen LogP contribution in [-0.2, 0) is 27.5 Å². The van der Waals surface area contributed by atoms with Gasteiger partial charge in [0.15, 0.2) is 0 Å². The first-order valence-corrected chi connectivity index (χ1v) is 9.26. The van der Waals surface area contributed by atoms with Crippen molar-refractivity contribution < 1.29 is 54.0 Å². The third-order valence-electron chi connectivity index (χ3n) is 3.87. The summed E-state index contributed by atoms with van der Waals surface area (Å²) in [5.41, 5.74) is -5.70. The van der Waals surface area contributed by atoms with Crippen molar-refractivity contribution in [2.45, 2.75) is 30.6 Å². The second-order valence-electron chi connectivity index (χ2n) is 5.78. The summed E-state index contributed by atoms with van der Waals surface area (Å²) in [6, 6.07) is 1.85. The molecule has 0 radical (unpaired) electrons. The van der Waals surface area contributed by atoms with Gasteiger partial charge in [0.1, 0.15) is 32.8 Å². The zero-order chi connectivity index (χ0) is 22.1. The van der Waals surface area contributed by atoms with Crippen LogP contribution in [0.1, 0.15) is 21.5 Å². The van der Waals surface area contributed by atoms with E-state index >= 15 is 0 Å². The van der Waals surface area contributed by atoms with E-state index in [2.05, 4.69) is 4.74 Å². The van der Waals surface area contributed by atoms with E-state index in [1.807, 2.05) is 0 Å². The Labute approximate surface area is 157 Å². The lowest BCUT2D eigenvalue weighted by atomic mass is 9.85. The van der Waals surface area contributed by atoms with E-state index in [9.17, 15) is 44.7 Å². The molecule has 0 aliphatic rings. The lowest BCUT2D eigenvalue weighted by Gasteiger charge is -2.35. The number of hydrogen-bond donors (Lipinski definition) is 2. The largest absolute Gasteiger partial charge is 0.507 e. The Balaban J connectivity index is 3.59. The van der Waals surface area contributed by atoms with Crippen LogP contribution >= 0.6 is 0 Å². The summed E-state index contributed by atoms with van der Waals surface area (Å²) in [7, 11) is -2.63. The predicted octanol–water partition coefficient (Wildman–Crippen LogP) is 0.566. The normalized spacial score (nSPS) is 13.4. The molecule has 0 saturated heterocycles. The van der Waals surface area contributed by atoms with Crippen LogP contribution in [0.5, 0.6) is 5.75 Å². The van der Waals surface area contributed by atoms with Crippen molar-refractivity contribution in [1.82, 2.24) is 0 Å². The van der Waals surface area contributed by atoms with Crippen molar-refractivity contribution in [2.24, 2.45) is 0 Å². The summed E-state index contributed by atoms with van der Waals surface area (Å²) >= 11 is 0. The van der Waals surface area contributed by atoms with Gasteiger partial charge in [-0.2, -0.15) is 34.8 Å². The molecule has 0 saturated carbocycles. The van der Waals surface area contributed by atoms with E-state index < -0.39 is 51.1 Å². The second kappa shape index (κ2) is 7.85. The minimum absolute atomic E-state index is 0.235. The van der Waals surface area contributed by atoms with E-state index in [1.165, 1.54) is 0 Å². The molecule has 0 bridgehead atoms. The highest BCUT2D eigenvalue weighted by Gasteiger charge is 2.76. The standard InChI is InChI=1S/C13H14B2F6O6S/c14-3-6-1-8(9(22)2-7(6)4-15)10(23)27-11(12(16,17)18,13(19,20)21)5-28(24,25)26/h1-2,22H,3-5,14-15H2,(H,24,25,26). The molecule has 156 valence electrons. The number of esters is 1. The minimum atomic E-state index is -6.44. The van der Waals surface area contributed by atoms with Gasteiger partial charge in [-0.25, -0.2) is 4.79 Å². The summed E-state index contributed by atoms with van der Waals surface area (Å²) in [6.07, 6.45) is -12.3. The molecular weight excluding hydrogens is 420 g/mol. The number of halogens is 6. The van der Waals surface area contributed by atoms with E-state index in [-0.39, 0.29) is 6.32 Å². The van der Waals surface area contributed by atoms with E-state index in [1.54, 1.807) is 15.7 Å². The predicted molar refractivity (Wildman–Crippen MR) is 89.3 cm³/mol. The van der Waals surface area contributed by atoms with Crippen molar-refractivity contribution in [1.29, 1.82) is 0 Å². The van der Waals surface area contributed by atoms with Crippen molar-refractivity contribution in [3.05, 3.63) is 28.8 Å². The summed E-state index contributed by atoms with van der Waals surface area (Å²) in [4.78, 5) is 12.1. The number of carbonyl (C=O) groups excluding carboxylic acids is 1. The van der Waals surface area contributed by atoms with Crippen LogP contribution in [0.2, 0.25) is 0 Å². The molecule has 0 aliphatic carbocycles. The van der Waals surface area contributed by atoms with E-state index in [0.717, 1.165) is 12.1 Å². The Morgan fingerprint density at radius 3 is 1.79 bits per heavy atom. The van der Waals surface area contributed by atoms with E-state index in [4.69, 9.17) is 4.55 Å². The summed E-state index contributed by atoms with van der Waals surface area (Å²) < 4.78 is 113. The molecule has 1 aromatic rings. The molecular formula is C13H14B2F6O6S. The number of rotatable bonds is 6. The zero-order valence-corrected chi connectivity index (χ0v) is 15.3. The maximum Gasteiger partial charge on any atom is 0.438 e. The molecule has 2 N–H and O–H groups in total. The molecule has 15 heteroatoms. The molecule has 0 fully saturated rings. The van der Waals surface area contributed by atoms with Gasteiger partial charge < -0.3 is 9.84 Å². The number of aromatic hydroxyl groups is 1. The molecule has 0 aliphatic heterocycles. The van der Waals surface area contributed by atoms with Gasteiger partial charge in [0.25, 0.3) is 10.1 Å². The van der Waals surface area contributed by atoms with Crippen LogP contribution in [-0.4, -0.2) is 63.4 Å². The van der Waals surface area contributed by atoms with Gasteiger partial charge in [0, 0.05) is 0 Å². The first-order valence-electron chi connectivity index (χ1n) is 7.65. The molecule has 1 rings (SSSR count). The lowest BCUT2D eigenvalue weighted by Crippen LogP contribution is -2.63. The molecule has 0 atom stereocenters. The SMILES string of the molecule is BCc1cc(O)c(C(=O)OC(CS(=O)(=O)O)(C(F)(F)F)C(F)(F)F)cc1CB. The minimum Gasteiger partial charge on any atom is -0.507 e. The molecule has 28 heavy (non-hydrogen) atoms. The number of phenolic OH excluding ortho intramolecular Hbond substituents is 1. The van der Waals surface area contributed by atoms with Crippen LogP contribution in [0, 0.1) is 0 Å². The third-order valence-corrected chi connectivity index (χ3v) is 4.64. The zero-order valence-electron chi connectivity index (χ0n) is 14.5. The van der Waals surface area contributed by atoms with Crippen molar-refractivity contribution in [3.63, 3.8) is 0 Å². The van der Waals surface area contributed by atoms with Crippen LogP contribution in [0.15, 0.2) is 12.1 Å². The van der Waals surface area contributed by atoms with Crippen molar-refractivity contribution >= 4 is 31.8 Å². The van der Waals surface area contributed by atoms with Gasteiger partial charge in [-0.3, -0.25) is 4.55 Å². The fourth-order valence-corrected chi connectivity index (χ4v) is 3.34. The molecule has 0 spiro atoms. The Hall–Kier alpha value is -1.89. The molecule has 0 heterocycles. The summed E-state index contributed by atoms with van der Waals surface area (Å²) in [5, 5.41) is 9.82. The highest BCUT2D eigenvalue weighted by Crippen LogP contribution is 2.47. The average Bonchev–Trinajstić information content (AvgIpc) is 2.50. The fraction of sp³-hybridized carbons (Fsp3) is 0.462. The molecule has 0 aromatic heterocycles. The maximum atomic E-state index is 13.2. The first kappa shape index (κ1) is 24.1.